The maximum atomic E-state index is 12.6. The van der Waals surface area contributed by atoms with Gasteiger partial charge in [-0.2, -0.15) is 0 Å². The van der Waals surface area contributed by atoms with Gasteiger partial charge >= 0.3 is 0 Å². The molecule has 1 fully saturated rings. The molecular weight excluding hydrogens is 286 g/mol. The first-order valence-corrected chi connectivity index (χ1v) is 6.52. The van der Waals surface area contributed by atoms with Gasteiger partial charge < -0.3 is 0 Å². The van der Waals surface area contributed by atoms with Crippen LogP contribution in [0, 0.1) is 0 Å². The molecule has 15 heavy (non-hydrogen) atoms. The van der Waals surface area contributed by atoms with E-state index in [1.165, 1.54) is 0 Å². The molecular formula is C10H9BrF2OS. The van der Waals surface area contributed by atoms with Crippen LogP contribution in [0.5, 0.6) is 0 Å². The summed E-state index contributed by atoms with van der Waals surface area (Å²) in [6.45, 7) is 0. The Morgan fingerprint density at radius 1 is 1.40 bits per heavy atom. The van der Waals surface area contributed by atoms with Crippen LogP contribution in [0.2, 0.25) is 0 Å². The van der Waals surface area contributed by atoms with E-state index in [1.54, 1.807) is 18.2 Å². The third-order valence-corrected chi connectivity index (χ3v) is 4.53. The van der Waals surface area contributed by atoms with E-state index in [0.717, 1.165) is 4.47 Å². The number of hydrogen-bond donors (Lipinski definition) is 0. The van der Waals surface area contributed by atoms with Gasteiger partial charge in [0.05, 0.1) is 16.0 Å². The molecule has 0 bridgehead atoms. The first-order chi connectivity index (χ1) is 6.98. The predicted octanol–water partition coefficient (Wildman–Crippen LogP) is 3.35. The van der Waals surface area contributed by atoms with E-state index in [1.807, 2.05) is 6.07 Å². The SMILES string of the molecule is O=S(c1cccc(Br)c1)C1CC(F)(F)C1. The topological polar surface area (TPSA) is 17.1 Å². The molecule has 5 heteroatoms. The zero-order valence-electron chi connectivity index (χ0n) is 7.75. The van der Waals surface area contributed by atoms with Crippen molar-refractivity contribution in [1.82, 2.24) is 0 Å². The second kappa shape index (κ2) is 3.94. The Hall–Kier alpha value is -0.290. The van der Waals surface area contributed by atoms with Crippen molar-refractivity contribution in [1.29, 1.82) is 0 Å². The van der Waals surface area contributed by atoms with Gasteiger partial charge in [-0.1, -0.05) is 22.0 Å². The fourth-order valence-corrected chi connectivity index (χ4v) is 3.72. The number of hydrogen-bond acceptors (Lipinski definition) is 1. The van der Waals surface area contributed by atoms with Crippen LogP contribution < -0.4 is 0 Å². The van der Waals surface area contributed by atoms with Crippen molar-refractivity contribution in [2.75, 3.05) is 0 Å². The molecule has 1 unspecified atom stereocenters. The first kappa shape index (κ1) is 11.2. The number of rotatable bonds is 2. The van der Waals surface area contributed by atoms with E-state index in [2.05, 4.69) is 15.9 Å². The van der Waals surface area contributed by atoms with E-state index in [4.69, 9.17) is 0 Å². The third-order valence-electron chi connectivity index (χ3n) is 2.38. The Morgan fingerprint density at radius 3 is 2.60 bits per heavy atom. The average molecular weight is 295 g/mol. The van der Waals surface area contributed by atoms with Crippen molar-refractivity contribution in [3.63, 3.8) is 0 Å². The zero-order chi connectivity index (χ0) is 11.1. The summed E-state index contributed by atoms with van der Waals surface area (Å²) in [4.78, 5) is 0.616. The number of alkyl halides is 2. The molecule has 0 saturated heterocycles. The molecule has 0 N–H and O–H groups in total. The van der Waals surface area contributed by atoms with E-state index in [0.29, 0.717) is 4.90 Å². The van der Waals surface area contributed by atoms with Gasteiger partial charge in [0.2, 0.25) is 0 Å². The van der Waals surface area contributed by atoms with Crippen LogP contribution in [0.1, 0.15) is 12.8 Å². The van der Waals surface area contributed by atoms with Gasteiger partial charge in [-0.05, 0) is 18.2 Å². The molecule has 0 heterocycles. The molecule has 1 aliphatic carbocycles. The molecule has 82 valence electrons. The van der Waals surface area contributed by atoms with Crippen LogP contribution in [-0.2, 0) is 10.8 Å². The predicted molar refractivity (Wildman–Crippen MR) is 58.5 cm³/mol. The second-order valence-corrected chi connectivity index (χ2v) is 6.29. The molecule has 1 nitrogen and oxygen atoms in total. The van der Waals surface area contributed by atoms with Crippen LogP contribution >= 0.6 is 15.9 Å². The quantitative estimate of drug-likeness (QED) is 0.817. The molecule has 1 aromatic carbocycles. The minimum absolute atomic E-state index is 0.258. The minimum atomic E-state index is -2.60. The van der Waals surface area contributed by atoms with Crippen molar-refractivity contribution in [2.45, 2.75) is 28.9 Å². The summed E-state index contributed by atoms with van der Waals surface area (Å²) in [6.07, 6.45) is -0.516. The lowest BCUT2D eigenvalue weighted by Crippen LogP contribution is -2.42. The van der Waals surface area contributed by atoms with Crippen LogP contribution in [0.25, 0.3) is 0 Å². The molecule has 1 atom stereocenters. The molecule has 0 amide bonds. The maximum absolute atomic E-state index is 12.6. The van der Waals surface area contributed by atoms with Crippen molar-refractivity contribution in [2.24, 2.45) is 0 Å². The third kappa shape index (κ3) is 2.45. The first-order valence-electron chi connectivity index (χ1n) is 4.52. The molecule has 0 aromatic heterocycles. The Bertz CT molecular complexity index is 400. The van der Waals surface area contributed by atoms with Crippen molar-refractivity contribution >= 4 is 26.7 Å². The van der Waals surface area contributed by atoms with Crippen LogP contribution in [0.3, 0.4) is 0 Å². The van der Waals surface area contributed by atoms with E-state index in [-0.39, 0.29) is 12.8 Å². The minimum Gasteiger partial charge on any atom is -0.254 e. The summed E-state index contributed by atoms with van der Waals surface area (Å²) in [5, 5.41) is -0.394. The summed E-state index contributed by atoms with van der Waals surface area (Å²) in [7, 11) is -1.31. The van der Waals surface area contributed by atoms with Gasteiger partial charge in [0.25, 0.3) is 5.92 Å². The lowest BCUT2D eigenvalue weighted by Gasteiger charge is -2.33. The molecule has 1 saturated carbocycles. The standard InChI is InChI=1S/C10H9BrF2OS/c11-7-2-1-3-8(4-7)15(14)9-5-10(12,13)6-9/h1-4,9H,5-6H2. The Balaban J connectivity index is 2.10. The number of halogens is 3. The largest absolute Gasteiger partial charge is 0.254 e. The van der Waals surface area contributed by atoms with Crippen molar-refractivity contribution in [3.8, 4) is 0 Å². The molecule has 0 radical (unpaired) electrons. The van der Waals surface area contributed by atoms with Gasteiger partial charge in [-0.25, -0.2) is 8.78 Å². The highest BCUT2D eigenvalue weighted by Gasteiger charge is 2.48. The fourth-order valence-electron chi connectivity index (χ4n) is 1.54. The lowest BCUT2D eigenvalue weighted by atomic mass is 9.94. The zero-order valence-corrected chi connectivity index (χ0v) is 10.2. The highest BCUT2D eigenvalue weighted by molar-refractivity contribution is 9.10. The highest BCUT2D eigenvalue weighted by atomic mass is 79.9. The number of benzene rings is 1. The molecule has 1 aliphatic rings. The average Bonchev–Trinajstić information content (AvgIpc) is 2.13. The van der Waals surface area contributed by atoms with Gasteiger partial charge in [0, 0.05) is 22.2 Å². The Kier molecular flexibility index (Phi) is 2.94. The molecule has 2 rings (SSSR count). The fraction of sp³-hybridized carbons (Fsp3) is 0.400. The lowest BCUT2D eigenvalue weighted by molar-refractivity contribution is -0.0676. The van der Waals surface area contributed by atoms with E-state index < -0.39 is 22.0 Å². The van der Waals surface area contributed by atoms with E-state index in [9.17, 15) is 13.0 Å². The van der Waals surface area contributed by atoms with Gasteiger partial charge in [0.1, 0.15) is 0 Å². The normalized spacial score (nSPS) is 22.1. The van der Waals surface area contributed by atoms with E-state index >= 15 is 0 Å². The smallest absolute Gasteiger partial charge is 0.250 e. The second-order valence-electron chi connectivity index (χ2n) is 3.64. The Labute approximate surface area is 97.5 Å². The monoisotopic (exact) mass is 294 g/mol. The van der Waals surface area contributed by atoms with Gasteiger partial charge in [-0.3, -0.25) is 4.21 Å². The van der Waals surface area contributed by atoms with Gasteiger partial charge in [-0.15, -0.1) is 0 Å². The Morgan fingerprint density at radius 2 is 2.07 bits per heavy atom. The molecule has 0 aliphatic heterocycles. The summed E-state index contributed by atoms with van der Waals surface area (Å²) >= 11 is 3.26. The summed E-state index contributed by atoms with van der Waals surface area (Å²) in [5.41, 5.74) is 0. The summed E-state index contributed by atoms with van der Waals surface area (Å²) in [6, 6.07) is 6.99. The van der Waals surface area contributed by atoms with Gasteiger partial charge in [0.15, 0.2) is 0 Å². The van der Waals surface area contributed by atoms with Crippen LogP contribution in [-0.4, -0.2) is 15.4 Å². The molecule has 0 spiro atoms. The van der Waals surface area contributed by atoms with Crippen LogP contribution in [0.4, 0.5) is 8.78 Å². The summed E-state index contributed by atoms with van der Waals surface area (Å²) in [5.74, 6) is -2.60. The molecule has 1 aromatic rings. The van der Waals surface area contributed by atoms with Crippen molar-refractivity contribution < 1.29 is 13.0 Å². The highest BCUT2D eigenvalue weighted by Crippen LogP contribution is 2.41. The van der Waals surface area contributed by atoms with Crippen LogP contribution in [0.15, 0.2) is 33.6 Å². The maximum Gasteiger partial charge on any atom is 0.250 e. The summed E-state index contributed by atoms with van der Waals surface area (Å²) < 4.78 is 37.8. The van der Waals surface area contributed by atoms with Crippen molar-refractivity contribution in [3.05, 3.63) is 28.7 Å².